The summed E-state index contributed by atoms with van der Waals surface area (Å²) in [4.78, 5) is 27.8. The molecule has 0 aliphatic rings. The molecule has 2 rings (SSSR count). The molecule has 2 atom stereocenters. The predicted molar refractivity (Wildman–Crippen MR) is 138 cm³/mol. The van der Waals surface area contributed by atoms with E-state index >= 15 is 0 Å². The van der Waals surface area contributed by atoms with Crippen LogP contribution in [0.15, 0.2) is 42.5 Å². The van der Waals surface area contributed by atoms with Gasteiger partial charge in [0.1, 0.15) is 12.6 Å². The lowest BCUT2D eigenvalue weighted by molar-refractivity contribution is -0.139. The zero-order chi connectivity index (χ0) is 25.6. The normalized spacial score (nSPS) is 13.1. The van der Waals surface area contributed by atoms with Crippen LogP contribution in [-0.4, -0.2) is 50.0 Å². The van der Waals surface area contributed by atoms with Crippen LogP contribution < -0.4 is 9.62 Å². The lowest BCUT2D eigenvalue weighted by Crippen LogP contribution is -2.52. The molecule has 1 N–H and O–H groups in total. The fourth-order valence-electron chi connectivity index (χ4n) is 3.37. The SMILES string of the molecule is CC[C@H](C)NC(=O)[C@H](C)N(Cc1cccc(Cl)c1)C(=O)CN(c1ccc(Cl)cc1C)S(C)(=O)=O. The van der Waals surface area contributed by atoms with Crippen LogP contribution >= 0.6 is 23.2 Å². The van der Waals surface area contributed by atoms with Gasteiger partial charge in [-0.15, -0.1) is 0 Å². The third-order valence-corrected chi connectivity index (χ3v) is 7.11. The summed E-state index contributed by atoms with van der Waals surface area (Å²) in [6.45, 7) is 6.79. The second kappa shape index (κ2) is 11.9. The number of sulfonamides is 1. The van der Waals surface area contributed by atoms with Crippen molar-refractivity contribution in [2.75, 3.05) is 17.1 Å². The first kappa shape index (κ1) is 28.0. The van der Waals surface area contributed by atoms with E-state index in [1.54, 1.807) is 56.3 Å². The van der Waals surface area contributed by atoms with Crippen LogP contribution in [0.2, 0.25) is 10.0 Å². The minimum Gasteiger partial charge on any atom is -0.352 e. The molecule has 0 aromatic heterocycles. The number of hydrogen-bond donors (Lipinski definition) is 1. The summed E-state index contributed by atoms with van der Waals surface area (Å²) >= 11 is 12.1. The van der Waals surface area contributed by atoms with Gasteiger partial charge in [0, 0.05) is 22.6 Å². The first-order valence-corrected chi connectivity index (χ1v) is 13.5. The molecule has 0 spiro atoms. The summed E-state index contributed by atoms with van der Waals surface area (Å²) in [6.07, 6.45) is 1.77. The summed E-state index contributed by atoms with van der Waals surface area (Å²) in [6, 6.07) is 10.8. The van der Waals surface area contributed by atoms with Crippen LogP contribution in [0.3, 0.4) is 0 Å². The van der Waals surface area contributed by atoms with Crippen molar-refractivity contribution < 1.29 is 18.0 Å². The number of anilines is 1. The monoisotopic (exact) mass is 527 g/mol. The molecule has 34 heavy (non-hydrogen) atoms. The quantitative estimate of drug-likeness (QED) is 0.495. The van der Waals surface area contributed by atoms with Gasteiger partial charge in [-0.25, -0.2) is 8.42 Å². The summed E-state index contributed by atoms with van der Waals surface area (Å²) in [5.74, 6) is -0.843. The van der Waals surface area contributed by atoms with Gasteiger partial charge in [-0.1, -0.05) is 42.3 Å². The number of carbonyl (C=O) groups excluding carboxylic acids is 2. The Kier molecular flexibility index (Phi) is 9.79. The molecule has 2 aromatic carbocycles. The average molecular weight is 529 g/mol. The maximum Gasteiger partial charge on any atom is 0.244 e. The molecule has 7 nitrogen and oxygen atoms in total. The number of nitrogens with one attached hydrogen (secondary N) is 1. The number of aryl methyl sites for hydroxylation is 1. The van der Waals surface area contributed by atoms with Crippen molar-refractivity contribution in [1.29, 1.82) is 0 Å². The van der Waals surface area contributed by atoms with Crippen molar-refractivity contribution in [3.05, 3.63) is 63.6 Å². The third kappa shape index (κ3) is 7.61. The van der Waals surface area contributed by atoms with Crippen molar-refractivity contribution in [2.24, 2.45) is 0 Å². The van der Waals surface area contributed by atoms with Gasteiger partial charge in [0.15, 0.2) is 0 Å². The minimum absolute atomic E-state index is 0.0673. The molecule has 0 radical (unpaired) electrons. The van der Waals surface area contributed by atoms with Crippen molar-refractivity contribution in [1.82, 2.24) is 10.2 Å². The number of hydrogen-bond acceptors (Lipinski definition) is 4. The first-order chi connectivity index (χ1) is 15.8. The number of benzene rings is 2. The highest BCUT2D eigenvalue weighted by atomic mass is 35.5. The Morgan fingerprint density at radius 1 is 1.06 bits per heavy atom. The second-order valence-corrected chi connectivity index (χ2v) is 11.1. The van der Waals surface area contributed by atoms with Crippen molar-refractivity contribution in [3.8, 4) is 0 Å². The van der Waals surface area contributed by atoms with Gasteiger partial charge in [-0.2, -0.15) is 0 Å². The van der Waals surface area contributed by atoms with Crippen molar-refractivity contribution in [3.63, 3.8) is 0 Å². The molecule has 0 bridgehead atoms. The molecule has 0 aliphatic heterocycles. The first-order valence-electron chi connectivity index (χ1n) is 10.9. The van der Waals surface area contributed by atoms with Crippen LogP contribution in [0, 0.1) is 6.92 Å². The average Bonchev–Trinajstić information content (AvgIpc) is 2.74. The standard InChI is InChI=1S/C24H31Cl2N3O4S/c1-6-17(3)27-24(31)18(4)28(14-19-8-7-9-20(25)13-19)23(30)15-29(34(5,32)33)22-11-10-21(26)12-16(22)2/h7-13,17-18H,6,14-15H2,1-5H3,(H,27,31)/t17-,18-/m0/s1. The van der Waals surface area contributed by atoms with E-state index in [0.717, 1.165) is 22.5 Å². The Bertz CT molecular complexity index is 1140. The predicted octanol–water partition coefficient (Wildman–Crippen LogP) is 4.40. The fraction of sp³-hybridized carbons (Fsp3) is 0.417. The molecule has 2 amide bonds. The zero-order valence-electron chi connectivity index (χ0n) is 20.0. The number of nitrogens with zero attached hydrogens (tertiary/aromatic N) is 2. The van der Waals surface area contributed by atoms with E-state index in [0.29, 0.717) is 21.3 Å². The largest absolute Gasteiger partial charge is 0.352 e. The summed E-state index contributed by atoms with van der Waals surface area (Å²) in [5, 5.41) is 3.84. The van der Waals surface area contributed by atoms with Gasteiger partial charge in [0.05, 0.1) is 11.9 Å². The Hall–Kier alpha value is -2.29. The van der Waals surface area contributed by atoms with Gasteiger partial charge < -0.3 is 10.2 Å². The molecule has 186 valence electrons. The topological polar surface area (TPSA) is 86.8 Å². The van der Waals surface area contributed by atoms with Gasteiger partial charge in [-0.05, 0) is 68.7 Å². The van der Waals surface area contributed by atoms with E-state index in [2.05, 4.69) is 5.32 Å². The summed E-state index contributed by atoms with van der Waals surface area (Å²) in [7, 11) is -3.81. The highest BCUT2D eigenvalue weighted by Crippen LogP contribution is 2.26. The molecule has 0 heterocycles. The second-order valence-electron chi connectivity index (χ2n) is 8.35. The van der Waals surface area contributed by atoms with Gasteiger partial charge >= 0.3 is 0 Å². The van der Waals surface area contributed by atoms with Crippen LogP contribution in [0.1, 0.15) is 38.3 Å². The van der Waals surface area contributed by atoms with Crippen LogP contribution in [0.4, 0.5) is 5.69 Å². The van der Waals surface area contributed by atoms with Crippen LogP contribution in [-0.2, 0) is 26.2 Å². The van der Waals surface area contributed by atoms with E-state index in [4.69, 9.17) is 23.2 Å². The number of amides is 2. The molecule has 2 aromatic rings. The molecular weight excluding hydrogens is 497 g/mol. The number of halogens is 2. The Balaban J connectivity index is 2.42. The highest BCUT2D eigenvalue weighted by Gasteiger charge is 2.31. The number of rotatable bonds is 10. The fourth-order valence-corrected chi connectivity index (χ4v) is 4.72. The molecule has 0 saturated heterocycles. The molecule has 10 heteroatoms. The van der Waals surface area contributed by atoms with Crippen LogP contribution in [0.5, 0.6) is 0 Å². The third-order valence-electron chi connectivity index (χ3n) is 5.52. The van der Waals surface area contributed by atoms with Gasteiger partial charge in [0.25, 0.3) is 0 Å². The lowest BCUT2D eigenvalue weighted by Gasteiger charge is -2.32. The van der Waals surface area contributed by atoms with E-state index < -0.39 is 28.5 Å². The molecule has 0 aliphatic carbocycles. The van der Waals surface area contributed by atoms with Gasteiger partial charge in [0.2, 0.25) is 21.8 Å². The van der Waals surface area contributed by atoms with E-state index in [-0.39, 0.29) is 18.5 Å². The molecule has 0 fully saturated rings. The highest BCUT2D eigenvalue weighted by molar-refractivity contribution is 7.92. The Morgan fingerprint density at radius 3 is 2.26 bits per heavy atom. The van der Waals surface area contributed by atoms with E-state index in [1.165, 1.54) is 4.90 Å². The Morgan fingerprint density at radius 2 is 1.71 bits per heavy atom. The molecule has 0 unspecified atom stereocenters. The zero-order valence-corrected chi connectivity index (χ0v) is 22.3. The van der Waals surface area contributed by atoms with Gasteiger partial charge in [-0.3, -0.25) is 13.9 Å². The Labute approximate surface area is 212 Å². The number of carbonyl (C=O) groups is 2. The van der Waals surface area contributed by atoms with E-state index in [1.807, 2.05) is 13.8 Å². The van der Waals surface area contributed by atoms with Crippen molar-refractivity contribution >= 4 is 50.7 Å². The summed E-state index contributed by atoms with van der Waals surface area (Å²) in [5.41, 5.74) is 1.67. The minimum atomic E-state index is -3.81. The maximum absolute atomic E-state index is 13.5. The molecular formula is C24H31Cl2N3O4S. The summed E-state index contributed by atoms with van der Waals surface area (Å²) < 4.78 is 26.3. The van der Waals surface area contributed by atoms with Crippen LogP contribution in [0.25, 0.3) is 0 Å². The molecule has 0 saturated carbocycles. The lowest BCUT2D eigenvalue weighted by atomic mass is 10.1. The smallest absolute Gasteiger partial charge is 0.244 e. The van der Waals surface area contributed by atoms with E-state index in [9.17, 15) is 18.0 Å². The van der Waals surface area contributed by atoms with Crippen molar-refractivity contribution in [2.45, 2.75) is 52.7 Å². The maximum atomic E-state index is 13.5.